The highest BCUT2D eigenvalue weighted by Gasteiger charge is 2.04. The van der Waals surface area contributed by atoms with Crippen LogP contribution in [0.25, 0.3) is 11.3 Å². The molecular formula is C10H7N3O. The number of nitrogens with zero attached hydrogens (tertiary/aromatic N) is 2. The summed E-state index contributed by atoms with van der Waals surface area (Å²) >= 11 is 0. The van der Waals surface area contributed by atoms with Crippen molar-refractivity contribution in [3.05, 3.63) is 36.3 Å². The molecule has 0 saturated heterocycles. The normalized spacial score (nSPS) is 9.64. The smallest absolute Gasteiger partial charge is 0.151 e. The molecule has 0 fully saturated rings. The van der Waals surface area contributed by atoms with Crippen LogP contribution in [0.15, 0.2) is 30.7 Å². The lowest BCUT2D eigenvalue weighted by molar-refractivity contribution is 0.471. The molecule has 0 aliphatic carbocycles. The monoisotopic (exact) mass is 185 g/mol. The second-order valence-corrected chi connectivity index (χ2v) is 2.80. The minimum absolute atomic E-state index is 0.0909. The third kappa shape index (κ3) is 1.31. The molecule has 2 heterocycles. The van der Waals surface area contributed by atoms with Crippen LogP contribution >= 0.6 is 0 Å². The molecule has 0 radical (unpaired) electrons. The number of rotatable bonds is 1. The fourth-order valence-corrected chi connectivity index (χ4v) is 1.18. The fraction of sp³-hybridized carbons (Fsp3) is 0. The number of aromatic amines is 1. The molecule has 4 heteroatoms. The summed E-state index contributed by atoms with van der Waals surface area (Å²) in [5.74, 6) is -0.0909. The zero-order chi connectivity index (χ0) is 9.97. The van der Waals surface area contributed by atoms with Gasteiger partial charge in [0.25, 0.3) is 0 Å². The second kappa shape index (κ2) is 3.23. The standard InChI is InChI=1S/C10H7N3O/c11-4-8-3-9(13-6-10(8)14)7-1-2-12-5-7/h1-3,5-6,12,14H. The van der Waals surface area contributed by atoms with Crippen LogP contribution in [-0.4, -0.2) is 15.1 Å². The van der Waals surface area contributed by atoms with Crippen molar-refractivity contribution < 1.29 is 5.11 Å². The van der Waals surface area contributed by atoms with Crippen LogP contribution in [0.2, 0.25) is 0 Å². The molecule has 0 bridgehead atoms. The van der Waals surface area contributed by atoms with Gasteiger partial charge in [0.15, 0.2) is 5.75 Å². The molecule has 2 rings (SSSR count). The third-order valence-corrected chi connectivity index (χ3v) is 1.90. The molecule has 2 aromatic rings. The quantitative estimate of drug-likeness (QED) is 0.709. The van der Waals surface area contributed by atoms with E-state index < -0.39 is 0 Å². The van der Waals surface area contributed by atoms with Crippen LogP contribution in [0.4, 0.5) is 0 Å². The SMILES string of the molecule is N#Cc1cc(-c2cc[nH]c2)ncc1O. The maximum atomic E-state index is 9.24. The van der Waals surface area contributed by atoms with Crippen molar-refractivity contribution in [2.24, 2.45) is 0 Å². The van der Waals surface area contributed by atoms with E-state index in [9.17, 15) is 5.11 Å². The molecule has 0 saturated carbocycles. The number of hydrogen-bond donors (Lipinski definition) is 2. The van der Waals surface area contributed by atoms with Crippen LogP contribution in [-0.2, 0) is 0 Å². The Kier molecular flexibility index (Phi) is 1.92. The summed E-state index contributed by atoms with van der Waals surface area (Å²) in [6, 6.07) is 5.30. The van der Waals surface area contributed by atoms with Crippen molar-refractivity contribution in [3.63, 3.8) is 0 Å². The van der Waals surface area contributed by atoms with Crippen molar-refractivity contribution in [2.75, 3.05) is 0 Å². The molecule has 0 unspecified atom stereocenters. The van der Waals surface area contributed by atoms with E-state index in [2.05, 4.69) is 9.97 Å². The molecule has 0 amide bonds. The number of nitriles is 1. The Labute approximate surface area is 80.5 Å². The highest BCUT2D eigenvalue weighted by atomic mass is 16.3. The largest absolute Gasteiger partial charge is 0.505 e. The Morgan fingerprint density at radius 2 is 2.36 bits per heavy atom. The molecule has 0 aromatic carbocycles. The maximum absolute atomic E-state index is 9.24. The third-order valence-electron chi connectivity index (χ3n) is 1.90. The summed E-state index contributed by atoms with van der Waals surface area (Å²) in [5.41, 5.74) is 1.79. The zero-order valence-corrected chi connectivity index (χ0v) is 7.23. The van der Waals surface area contributed by atoms with E-state index >= 15 is 0 Å². The first kappa shape index (κ1) is 8.32. The number of H-pyrrole nitrogens is 1. The van der Waals surface area contributed by atoms with Crippen LogP contribution in [0.3, 0.4) is 0 Å². The van der Waals surface area contributed by atoms with Crippen LogP contribution < -0.4 is 0 Å². The molecule has 2 aromatic heterocycles. The molecule has 4 nitrogen and oxygen atoms in total. The molecule has 2 N–H and O–H groups in total. The van der Waals surface area contributed by atoms with Gasteiger partial charge in [-0.3, -0.25) is 4.98 Å². The minimum Gasteiger partial charge on any atom is -0.505 e. The number of aromatic nitrogens is 2. The Morgan fingerprint density at radius 1 is 1.50 bits per heavy atom. The van der Waals surface area contributed by atoms with Crippen molar-refractivity contribution in [1.29, 1.82) is 5.26 Å². The number of pyridine rings is 1. The Hall–Kier alpha value is -2.28. The fourth-order valence-electron chi connectivity index (χ4n) is 1.18. The van der Waals surface area contributed by atoms with E-state index in [0.717, 1.165) is 5.56 Å². The first-order valence-electron chi connectivity index (χ1n) is 4.03. The first-order chi connectivity index (χ1) is 6.81. The van der Waals surface area contributed by atoms with Crippen molar-refractivity contribution in [3.8, 4) is 23.1 Å². The van der Waals surface area contributed by atoms with Gasteiger partial charge in [-0.15, -0.1) is 0 Å². The summed E-state index contributed by atoms with van der Waals surface area (Å²) in [4.78, 5) is 6.90. The average molecular weight is 185 g/mol. The molecule has 0 aliphatic rings. The van der Waals surface area contributed by atoms with Gasteiger partial charge >= 0.3 is 0 Å². The van der Waals surface area contributed by atoms with Crippen molar-refractivity contribution in [2.45, 2.75) is 0 Å². The molecule has 0 aliphatic heterocycles. The van der Waals surface area contributed by atoms with Gasteiger partial charge in [-0.05, 0) is 12.1 Å². The summed E-state index contributed by atoms with van der Waals surface area (Å²) in [6.45, 7) is 0. The van der Waals surface area contributed by atoms with Gasteiger partial charge in [0.1, 0.15) is 6.07 Å². The van der Waals surface area contributed by atoms with E-state index in [1.807, 2.05) is 12.1 Å². The lowest BCUT2D eigenvalue weighted by atomic mass is 10.1. The Bertz CT molecular complexity index is 483. The van der Waals surface area contributed by atoms with Gasteiger partial charge in [-0.25, -0.2) is 0 Å². The number of nitrogens with one attached hydrogen (secondary N) is 1. The molecule has 14 heavy (non-hydrogen) atoms. The number of hydrogen-bond acceptors (Lipinski definition) is 3. The molecule has 0 atom stereocenters. The summed E-state index contributed by atoms with van der Waals surface area (Å²) < 4.78 is 0. The molecule has 68 valence electrons. The molecular weight excluding hydrogens is 178 g/mol. The van der Waals surface area contributed by atoms with Gasteiger partial charge in [-0.1, -0.05) is 0 Å². The van der Waals surface area contributed by atoms with Crippen LogP contribution in [0.1, 0.15) is 5.56 Å². The average Bonchev–Trinajstić information content (AvgIpc) is 2.71. The summed E-state index contributed by atoms with van der Waals surface area (Å²) in [7, 11) is 0. The lowest BCUT2D eigenvalue weighted by Gasteiger charge is -1.98. The highest BCUT2D eigenvalue weighted by Crippen LogP contribution is 2.21. The number of aromatic hydroxyl groups is 1. The van der Waals surface area contributed by atoms with Crippen LogP contribution in [0, 0.1) is 11.3 Å². The van der Waals surface area contributed by atoms with E-state index in [1.165, 1.54) is 6.20 Å². The Balaban J connectivity index is 2.53. The van der Waals surface area contributed by atoms with Crippen molar-refractivity contribution >= 4 is 0 Å². The maximum Gasteiger partial charge on any atom is 0.151 e. The highest BCUT2D eigenvalue weighted by molar-refractivity contribution is 5.61. The van der Waals surface area contributed by atoms with E-state index in [-0.39, 0.29) is 11.3 Å². The van der Waals surface area contributed by atoms with E-state index in [1.54, 1.807) is 18.5 Å². The van der Waals surface area contributed by atoms with E-state index in [4.69, 9.17) is 5.26 Å². The topological polar surface area (TPSA) is 72.7 Å². The lowest BCUT2D eigenvalue weighted by Crippen LogP contribution is -1.84. The van der Waals surface area contributed by atoms with Gasteiger partial charge in [-0.2, -0.15) is 5.26 Å². The second-order valence-electron chi connectivity index (χ2n) is 2.80. The van der Waals surface area contributed by atoms with Crippen LogP contribution in [0.5, 0.6) is 5.75 Å². The van der Waals surface area contributed by atoms with Gasteiger partial charge in [0, 0.05) is 18.0 Å². The minimum atomic E-state index is -0.0909. The van der Waals surface area contributed by atoms with Gasteiger partial charge < -0.3 is 10.1 Å². The molecule has 0 spiro atoms. The summed E-state index contributed by atoms with van der Waals surface area (Å²) in [6.07, 6.45) is 4.83. The van der Waals surface area contributed by atoms with Gasteiger partial charge in [0.2, 0.25) is 0 Å². The zero-order valence-electron chi connectivity index (χ0n) is 7.23. The first-order valence-corrected chi connectivity index (χ1v) is 4.03. The van der Waals surface area contributed by atoms with E-state index in [0.29, 0.717) is 5.69 Å². The predicted molar refractivity (Wildman–Crippen MR) is 50.4 cm³/mol. The Morgan fingerprint density at radius 3 is 3.00 bits per heavy atom. The summed E-state index contributed by atoms with van der Waals surface area (Å²) in [5, 5.41) is 17.9. The van der Waals surface area contributed by atoms with Crippen molar-refractivity contribution in [1.82, 2.24) is 9.97 Å². The van der Waals surface area contributed by atoms with Gasteiger partial charge in [0.05, 0.1) is 17.5 Å². The predicted octanol–water partition coefficient (Wildman–Crippen LogP) is 1.65.